The van der Waals surface area contributed by atoms with E-state index in [2.05, 4.69) is 25.8 Å². The van der Waals surface area contributed by atoms with Crippen molar-refractivity contribution in [2.45, 2.75) is 19.5 Å². The van der Waals surface area contributed by atoms with E-state index in [9.17, 15) is 18.0 Å². The Kier molecular flexibility index (Phi) is 5.16. The van der Waals surface area contributed by atoms with Crippen molar-refractivity contribution >= 4 is 17.1 Å². The maximum atomic E-state index is 12.2. The van der Waals surface area contributed by atoms with Gasteiger partial charge in [-0.25, -0.2) is 9.87 Å². The highest BCUT2D eigenvalue weighted by atomic mass is 32.1. The third-order valence-electron chi connectivity index (χ3n) is 1.84. The Morgan fingerprint density at radius 3 is 2.72 bits per heavy atom. The number of halogens is 3. The summed E-state index contributed by atoms with van der Waals surface area (Å²) in [5.41, 5.74) is 0.338. The number of aromatic nitrogens is 1. The van der Waals surface area contributed by atoms with Crippen LogP contribution in [0.1, 0.15) is 20.4 Å². The number of hydrogen-bond donors (Lipinski definition) is 1. The number of carbonyl (C=O) groups excluding carboxylic acids is 1. The Bertz CT molecular complexity index is 421. The maximum Gasteiger partial charge on any atom is 0.457 e. The zero-order chi connectivity index (χ0) is 13.8. The van der Waals surface area contributed by atoms with Gasteiger partial charge < -0.3 is 0 Å². The first-order chi connectivity index (χ1) is 8.36. The third-order valence-corrected chi connectivity index (χ3v) is 3.06. The van der Waals surface area contributed by atoms with E-state index >= 15 is 0 Å². The van der Waals surface area contributed by atoms with Crippen LogP contribution in [0.2, 0.25) is 0 Å². The summed E-state index contributed by atoms with van der Waals surface area (Å²) in [6, 6.07) is 0. The minimum atomic E-state index is -4.92. The number of ketones is 1. The molecule has 0 aliphatic heterocycles. The SMILES string of the molecule is Cc1nc(C(=O)C(F)(F)F)sc1CCOOON. The zero-order valence-corrected chi connectivity index (χ0v) is 9.93. The molecule has 1 aromatic rings. The maximum absolute atomic E-state index is 12.2. The van der Waals surface area contributed by atoms with Crippen LogP contribution < -0.4 is 5.90 Å². The number of carbonyl (C=O) groups is 1. The van der Waals surface area contributed by atoms with E-state index in [4.69, 9.17) is 0 Å². The van der Waals surface area contributed by atoms with Gasteiger partial charge in [0.15, 0.2) is 5.01 Å². The fourth-order valence-electron chi connectivity index (χ4n) is 1.07. The molecule has 1 heterocycles. The molecule has 0 aromatic carbocycles. The van der Waals surface area contributed by atoms with E-state index in [1.54, 1.807) is 0 Å². The highest BCUT2D eigenvalue weighted by Crippen LogP contribution is 2.26. The molecule has 0 bridgehead atoms. The highest BCUT2D eigenvalue weighted by Gasteiger charge is 2.41. The molecule has 0 spiro atoms. The van der Waals surface area contributed by atoms with Gasteiger partial charge in [0.2, 0.25) is 0 Å². The molecule has 18 heavy (non-hydrogen) atoms. The second-order valence-corrected chi connectivity index (χ2v) is 4.17. The molecule has 0 saturated heterocycles. The predicted molar refractivity (Wildman–Crippen MR) is 53.2 cm³/mol. The summed E-state index contributed by atoms with van der Waals surface area (Å²) in [5.74, 6) is 2.55. The van der Waals surface area contributed by atoms with Gasteiger partial charge in [0.05, 0.1) is 12.3 Å². The van der Waals surface area contributed by atoms with Crippen molar-refractivity contribution in [2.24, 2.45) is 5.90 Å². The van der Waals surface area contributed by atoms with Crippen molar-refractivity contribution in [2.75, 3.05) is 6.61 Å². The van der Waals surface area contributed by atoms with E-state index in [1.165, 1.54) is 6.92 Å². The van der Waals surface area contributed by atoms with Crippen molar-refractivity contribution in [3.63, 3.8) is 0 Å². The molecule has 2 N–H and O–H groups in total. The van der Waals surface area contributed by atoms with Crippen LogP contribution >= 0.6 is 11.3 Å². The molecule has 6 nitrogen and oxygen atoms in total. The van der Waals surface area contributed by atoms with Crippen LogP contribution in [0.3, 0.4) is 0 Å². The highest BCUT2D eigenvalue weighted by molar-refractivity contribution is 7.13. The predicted octanol–water partition coefficient (Wildman–Crippen LogP) is 1.49. The summed E-state index contributed by atoms with van der Waals surface area (Å²) in [4.78, 5) is 23.1. The lowest BCUT2D eigenvalue weighted by molar-refractivity contribution is -0.516. The van der Waals surface area contributed by atoms with Crippen LogP contribution in [0.4, 0.5) is 13.2 Å². The number of thiazole rings is 1. The van der Waals surface area contributed by atoms with Gasteiger partial charge in [-0.3, -0.25) is 4.79 Å². The van der Waals surface area contributed by atoms with E-state index in [0.29, 0.717) is 21.9 Å². The van der Waals surface area contributed by atoms with Gasteiger partial charge in [-0.15, -0.1) is 16.3 Å². The molecule has 0 radical (unpaired) electrons. The van der Waals surface area contributed by atoms with E-state index in [0.717, 1.165) is 0 Å². The van der Waals surface area contributed by atoms with Crippen LogP contribution in [0.5, 0.6) is 0 Å². The Labute approximate surface area is 103 Å². The molecule has 0 aliphatic rings. The minimum Gasteiger partial charge on any atom is -0.281 e. The number of rotatable bonds is 6. The lowest BCUT2D eigenvalue weighted by atomic mass is 10.3. The number of nitrogens with zero attached hydrogens (tertiary/aromatic N) is 1. The standard InChI is InChI=1S/C8H9F3N2O4S/c1-4-5(2-3-15-17-16-12)18-7(13-4)6(14)8(9,10)11/h2-3,12H2,1H3. The van der Waals surface area contributed by atoms with Crippen molar-refractivity contribution in [3.8, 4) is 0 Å². The largest absolute Gasteiger partial charge is 0.457 e. The van der Waals surface area contributed by atoms with Crippen molar-refractivity contribution < 1.29 is 32.9 Å². The van der Waals surface area contributed by atoms with Crippen LogP contribution in [0, 0.1) is 6.92 Å². The van der Waals surface area contributed by atoms with Crippen molar-refractivity contribution in [1.29, 1.82) is 0 Å². The van der Waals surface area contributed by atoms with Gasteiger partial charge >= 0.3 is 6.18 Å². The molecule has 0 aliphatic carbocycles. The van der Waals surface area contributed by atoms with Crippen molar-refractivity contribution in [1.82, 2.24) is 4.98 Å². The number of alkyl halides is 3. The lowest BCUT2D eigenvalue weighted by Crippen LogP contribution is -2.22. The fraction of sp³-hybridized carbons (Fsp3) is 0.500. The summed E-state index contributed by atoms with van der Waals surface area (Å²) in [5, 5.41) is 3.33. The van der Waals surface area contributed by atoms with Crippen LogP contribution in [0.15, 0.2) is 0 Å². The quantitative estimate of drug-likeness (QED) is 0.369. The van der Waals surface area contributed by atoms with E-state index in [-0.39, 0.29) is 13.0 Å². The minimum absolute atomic E-state index is 0.000117. The number of Topliss-reactive ketones (excluding diaryl/α,β-unsaturated/α-hetero) is 1. The van der Waals surface area contributed by atoms with Gasteiger partial charge in [-0.05, 0) is 12.0 Å². The molecule has 0 saturated carbocycles. The molecule has 0 fully saturated rings. The number of aryl methyl sites for hydroxylation is 1. The van der Waals surface area contributed by atoms with Gasteiger partial charge in [-0.1, -0.05) is 0 Å². The summed E-state index contributed by atoms with van der Waals surface area (Å²) < 4.78 is 36.5. The van der Waals surface area contributed by atoms with E-state index < -0.39 is 17.0 Å². The van der Waals surface area contributed by atoms with E-state index in [1.807, 2.05) is 0 Å². The molecule has 102 valence electrons. The number of nitrogens with two attached hydrogens (primary N) is 1. The zero-order valence-electron chi connectivity index (χ0n) is 9.11. The number of hydrogen-bond acceptors (Lipinski definition) is 7. The third kappa shape index (κ3) is 3.99. The normalized spacial score (nSPS) is 11.8. The first-order valence-corrected chi connectivity index (χ1v) is 5.40. The van der Waals surface area contributed by atoms with Gasteiger partial charge in [0, 0.05) is 11.3 Å². The molecule has 0 atom stereocenters. The topological polar surface area (TPSA) is 83.7 Å². The molecule has 1 rings (SSSR count). The van der Waals surface area contributed by atoms with Crippen LogP contribution in [-0.4, -0.2) is 23.6 Å². The summed E-state index contributed by atoms with van der Waals surface area (Å²) >= 11 is 0.664. The first-order valence-electron chi connectivity index (χ1n) is 4.59. The monoisotopic (exact) mass is 286 g/mol. The summed E-state index contributed by atoms with van der Waals surface area (Å²) in [7, 11) is 0. The molecule has 10 heteroatoms. The Balaban J connectivity index is 2.67. The van der Waals surface area contributed by atoms with Gasteiger partial charge in [0.1, 0.15) is 0 Å². The summed E-state index contributed by atoms with van der Waals surface area (Å²) in [6.45, 7) is 1.50. The van der Waals surface area contributed by atoms with Gasteiger partial charge in [0.25, 0.3) is 5.78 Å². The summed E-state index contributed by atoms with van der Waals surface area (Å²) in [6.07, 6.45) is -4.70. The van der Waals surface area contributed by atoms with Crippen LogP contribution in [0.25, 0.3) is 0 Å². The lowest BCUT2D eigenvalue weighted by Gasteiger charge is -2.00. The Morgan fingerprint density at radius 2 is 2.17 bits per heavy atom. The Morgan fingerprint density at radius 1 is 1.50 bits per heavy atom. The second kappa shape index (κ2) is 6.20. The molecule has 0 amide bonds. The van der Waals surface area contributed by atoms with Crippen LogP contribution in [-0.2, 0) is 21.3 Å². The fourth-order valence-corrected chi connectivity index (χ4v) is 2.08. The first kappa shape index (κ1) is 15.0. The molecular formula is C8H9F3N2O4S. The average molecular weight is 286 g/mol. The molecule has 0 unspecified atom stereocenters. The smallest absolute Gasteiger partial charge is 0.281 e. The second-order valence-electron chi connectivity index (χ2n) is 3.09. The van der Waals surface area contributed by atoms with Gasteiger partial charge in [-0.2, -0.15) is 19.1 Å². The molecular weight excluding hydrogens is 277 g/mol. The average Bonchev–Trinajstić information content (AvgIpc) is 2.64. The Hall–Kier alpha value is -1.07. The molecule has 1 aromatic heterocycles. The van der Waals surface area contributed by atoms with Crippen molar-refractivity contribution in [3.05, 3.63) is 15.6 Å².